The van der Waals surface area contributed by atoms with E-state index in [1.165, 1.54) is 24.9 Å². The Hall–Kier alpha value is -2.30. The number of furan rings is 1. The fraction of sp³-hybridized carbons (Fsp3) is 0.167. The van der Waals surface area contributed by atoms with Crippen LogP contribution in [-0.4, -0.2) is 23.4 Å². The zero-order valence-electron chi connectivity index (χ0n) is 9.47. The number of ether oxygens (including phenoxy) is 1. The molecule has 0 fully saturated rings. The van der Waals surface area contributed by atoms with E-state index < -0.39 is 5.97 Å². The summed E-state index contributed by atoms with van der Waals surface area (Å²) in [6.45, 7) is 1.44. The molecule has 0 amide bonds. The van der Waals surface area contributed by atoms with Gasteiger partial charge in [0, 0.05) is 6.20 Å². The Labute approximate surface area is 97.6 Å². The molecule has 0 aliphatic rings. The van der Waals surface area contributed by atoms with Crippen molar-refractivity contribution in [3.8, 4) is 5.88 Å². The second-order valence-corrected chi connectivity index (χ2v) is 3.45. The van der Waals surface area contributed by atoms with Gasteiger partial charge in [-0.25, -0.2) is 4.79 Å². The lowest BCUT2D eigenvalue weighted by Gasteiger charge is -2.05. The first-order valence-corrected chi connectivity index (χ1v) is 4.99. The zero-order chi connectivity index (χ0) is 12.4. The highest BCUT2D eigenvalue weighted by Gasteiger charge is 2.18. The van der Waals surface area contributed by atoms with Crippen molar-refractivity contribution in [1.82, 2.24) is 4.57 Å². The highest BCUT2D eigenvalue weighted by molar-refractivity contribution is 5.97. The van der Waals surface area contributed by atoms with Crippen molar-refractivity contribution in [3.63, 3.8) is 0 Å². The molecule has 0 aromatic carbocycles. The number of hydrogen-bond acceptors (Lipinski definition) is 4. The number of carbonyl (C=O) groups is 2. The van der Waals surface area contributed by atoms with Crippen LogP contribution in [0.2, 0.25) is 0 Å². The van der Waals surface area contributed by atoms with Gasteiger partial charge in [-0.1, -0.05) is 0 Å². The summed E-state index contributed by atoms with van der Waals surface area (Å²) < 4.78 is 11.4. The number of nitrogens with zero attached hydrogens (tertiary/aromatic N) is 1. The van der Waals surface area contributed by atoms with Crippen molar-refractivity contribution in [2.75, 3.05) is 7.11 Å². The topological polar surface area (TPSA) is 61.4 Å². The van der Waals surface area contributed by atoms with Gasteiger partial charge in [-0.3, -0.25) is 9.36 Å². The van der Waals surface area contributed by atoms with Crippen molar-refractivity contribution in [2.45, 2.75) is 6.92 Å². The lowest BCUT2D eigenvalue weighted by Crippen LogP contribution is -2.09. The summed E-state index contributed by atoms with van der Waals surface area (Å²) >= 11 is 0. The molecule has 0 saturated heterocycles. The van der Waals surface area contributed by atoms with E-state index in [0.717, 1.165) is 0 Å². The highest BCUT2D eigenvalue weighted by Crippen LogP contribution is 2.19. The fourth-order valence-corrected chi connectivity index (χ4v) is 1.58. The van der Waals surface area contributed by atoms with Crippen LogP contribution in [0.5, 0.6) is 0 Å². The third-order valence-electron chi connectivity index (χ3n) is 2.39. The van der Waals surface area contributed by atoms with E-state index in [1.54, 1.807) is 24.4 Å². The molecule has 88 valence electrons. The molecule has 2 heterocycles. The van der Waals surface area contributed by atoms with Crippen molar-refractivity contribution < 1.29 is 18.7 Å². The van der Waals surface area contributed by atoms with E-state index in [9.17, 15) is 9.59 Å². The molecule has 0 radical (unpaired) electrons. The van der Waals surface area contributed by atoms with Gasteiger partial charge in [-0.2, -0.15) is 0 Å². The van der Waals surface area contributed by atoms with Gasteiger partial charge in [-0.05, 0) is 25.1 Å². The van der Waals surface area contributed by atoms with Crippen LogP contribution in [0.15, 0.2) is 35.1 Å². The van der Waals surface area contributed by atoms with E-state index in [2.05, 4.69) is 4.74 Å². The molecular weight excluding hydrogens is 222 g/mol. The zero-order valence-corrected chi connectivity index (χ0v) is 9.47. The second-order valence-electron chi connectivity index (χ2n) is 3.45. The smallest absolute Gasteiger partial charge is 0.355 e. The van der Waals surface area contributed by atoms with Gasteiger partial charge in [0.15, 0.2) is 5.78 Å². The molecule has 17 heavy (non-hydrogen) atoms. The Bertz CT molecular complexity index is 565. The Morgan fingerprint density at radius 2 is 2.12 bits per heavy atom. The lowest BCUT2D eigenvalue weighted by molar-refractivity contribution is 0.0590. The van der Waals surface area contributed by atoms with Gasteiger partial charge in [0.25, 0.3) is 0 Å². The first-order chi connectivity index (χ1) is 8.15. The Kier molecular flexibility index (Phi) is 2.82. The predicted molar refractivity (Wildman–Crippen MR) is 59.4 cm³/mol. The van der Waals surface area contributed by atoms with Crippen LogP contribution in [0.4, 0.5) is 0 Å². The van der Waals surface area contributed by atoms with Crippen molar-refractivity contribution in [1.29, 1.82) is 0 Å². The molecule has 2 rings (SSSR count). The number of Topliss-reactive ketones (excluding diaryl/α,β-unsaturated/α-hetero) is 1. The quantitative estimate of drug-likeness (QED) is 0.601. The van der Waals surface area contributed by atoms with Gasteiger partial charge in [-0.15, -0.1) is 0 Å². The number of aromatic nitrogens is 1. The molecular formula is C12H11NO4. The van der Waals surface area contributed by atoms with Gasteiger partial charge in [0.2, 0.25) is 5.88 Å². The van der Waals surface area contributed by atoms with Crippen LogP contribution < -0.4 is 0 Å². The summed E-state index contributed by atoms with van der Waals surface area (Å²) in [4.78, 5) is 22.9. The minimum Gasteiger partial charge on any atom is -0.464 e. The fourth-order valence-electron chi connectivity index (χ4n) is 1.58. The Morgan fingerprint density at radius 3 is 2.76 bits per heavy atom. The Balaban J connectivity index is 2.54. The monoisotopic (exact) mass is 233 g/mol. The molecule has 2 aromatic heterocycles. The van der Waals surface area contributed by atoms with Gasteiger partial charge in [0.05, 0.1) is 18.9 Å². The summed E-state index contributed by atoms with van der Waals surface area (Å²) in [5.74, 6) is -0.290. The van der Waals surface area contributed by atoms with E-state index in [0.29, 0.717) is 17.1 Å². The minimum absolute atomic E-state index is 0.127. The number of rotatable bonds is 3. The molecule has 5 heteroatoms. The normalized spacial score (nSPS) is 10.2. The standard InChI is InChI=1S/C12H11NO4/c1-8(14)9-5-7-17-11(9)13-6-3-4-10(13)12(15)16-2/h3-7H,1-2H3. The minimum atomic E-state index is -0.485. The van der Waals surface area contributed by atoms with Gasteiger partial charge < -0.3 is 9.15 Å². The first kappa shape index (κ1) is 11.2. The number of esters is 1. The molecule has 0 bridgehead atoms. The number of ketones is 1. The van der Waals surface area contributed by atoms with E-state index in [4.69, 9.17) is 4.42 Å². The maximum absolute atomic E-state index is 11.5. The first-order valence-electron chi connectivity index (χ1n) is 4.99. The largest absolute Gasteiger partial charge is 0.464 e. The highest BCUT2D eigenvalue weighted by atomic mass is 16.5. The van der Waals surface area contributed by atoms with Gasteiger partial charge >= 0.3 is 5.97 Å². The SMILES string of the molecule is COC(=O)c1cccn1-c1occc1C(C)=O. The van der Waals surface area contributed by atoms with Crippen LogP contribution in [0.1, 0.15) is 27.8 Å². The number of hydrogen-bond donors (Lipinski definition) is 0. The van der Waals surface area contributed by atoms with E-state index in [1.807, 2.05) is 0 Å². The molecule has 2 aromatic rings. The molecule has 5 nitrogen and oxygen atoms in total. The maximum atomic E-state index is 11.5. The molecule has 0 spiro atoms. The lowest BCUT2D eigenvalue weighted by atomic mass is 10.2. The summed E-state index contributed by atoms with van der Waals surface area (Å²) in [6.07, 6.45) is 3.05. The maximum Gasteiger partial charge on any atom is 0.355 e. The molecule has 0 aliphatic heterocycles. The van der Waals surface area contributed by atoms with Crippen LogP contribution >= 0.6 is 0 Å². The van der Waals surface area contributed by atoms with Gasteiger partial charge in [0.1, 0.15) is 5.69 Å². The summed E-state index contributed by atoms with van der Waals surface area (Å²) in [7, 11) is 1.30. The second kappa shape index (κ2) is 4.29. The third kappa shape index (κ3) is 1.87. The van der Waals surface area contributed by atoms with Crippen molar-refractivity contribution in [3.05, 3.63) is 41.9 Å². The molecule has 0 N–H and O–H groups in total. The van der Waals surface area contributed by atoms with E-state index >= 15 is 0 Å². The van der Waals surface area contributed by atoms with Crippen LogP contribution in [0.25, 0.3) is 5.88 Å². The van der Waals surface area contributed by atoms with Crippen LogP contribution in [0, 0.1) is 0 Å². The molecule has 0 atom stereocenters. The summed E-state index contributed by atoms with van der Waals surface area (Å²) in [6, 6.07) is 4.84. The average Bonchev–Trinajstić information content (AvgIpc) is 2.95. The summed E-state index contributed by atoms with van der Waals surface area (Å²) in [5, 5.41) is 0. The molecule has 0 saturated carbocycles. The summed E-state index contributed by atoms with van der Waals surface area (Å²) in [5.41, 5.74) is 0.733. The van der Waals surface area contributed by atoms with Crippen LogP contribution in [0.3, 0.4) is 0 Å². The third-order valence-corrected chi connectivity index (χ3v) is 2.39. The molecule has 0 aliphatic carbocycles. The van der Waals surface area contributed by atoms with Crippen LogP contribution in [-0.2, 0) is 4.74 Å². The Morgan fingerprint density at radius 1 is 1.35 bits per heavy atom. The average molecular weight is 233 g/mol. The molecule has 0 unspecified atom stereocenters. The van der Waals surface area contributed by atoms with Crippen molar-refractivity contribution >= 4 is 11.8 Å². The predicted octanol–water partition coefficient (Wildman–Crippen LogP) is 2.06. The number of methoxy groups -OCH3 is 1. The van der Waals surface area contributed by atoms with Crippen molar-refractivity contribution in [2.24, 2.45) is 0 Å². The van der Waals surface area contributed by atoms with E-state index in [-0.39, 0.29) is 5.78 Å². The number of carbonyl (C=O) groups excluding carboxylic acids is 2.